The van der Waals surface area contributed by atoms with Gasteiger partial charge in [-0.15, -0.1) is 0 Å². The van der Waals surface area contributed by atoms with Crippen LogP contribution in [-0.2, 0) is 9.53 Å². The average molecular weight is 412 g/mol. The van der Waals surface area contributed by atoms with E-state index >= 15 is 0 Å². The first-order valence-electron chi connectivity index (χ1n) is 8.08. The molecule has 0 aromatic heterocycles. The van der Waals surface area contributed by atoms with Crippen molar-refractivity contribution in [2.75, 3.05) is 6.61 Å². The van der Waals surface area contributed by atoms with E-state index in [9.17, 15) is 14.0 Å². The number of cyclic esters (lactones) is 1. The summed E-state index contributed by atoms with van der Waals surface area (Å²) in [6, 6.07) is 7.68. The van der Waals surface area contributed by atoms with E-state index in [4.69, 9.17) is 32.7 Å². The van der Waals surface area contributed by atoms with E-state index in [0.29, 0.717) is 0 Å². The number of esters is 1. The van der Waals surface area contributed by atoms with Crippen LogP contribution in [0.15, 0.2) is 36.4 Å². The number of nitrogens with one attached hydrogen (secondary N) is 1. The number of amides is 1. The summed E-state index contributed by atoms with van der Waals surface area (Å²) in [6.45, 7) is 3.83. The number of rotatable bonds is 4. The van der Waals surface area contributed by atoms with Crippen LogP contribution in [0.25, 0.3) is 0 Å². The van der Waals surface area contributed by atoms with Gasteiger partial charge in [0.25, 0.3) is 5.91 Å². The Hall–Kier alpha value is -2.31. The van der Waals surface area contributed by atoms with Gasteiger partial charge in [-0.3, -0.25) is 4.79 Å². The lowest BCUT2D eigenvalue weighted by atomic mass is 9.87. The summed E-state index contributed by atoms with van der Waals surface area (Å²) in [5, 5.41) is 2.68. The Morgan fingerprint density at radius 1 is 1.26 bits per heavy atom. The fourth-order valence-electron chi connectivity index (χ4n) is 2.68. The molecule has 0 spiro atoms. The lowest BCUT2D eigenvalue weighted by Crippen LogP contribution is -2.46. The highest BCUT2D eigenvalue weighted by Crippen LogP contribution is 2.34. The molecule has 0 saturated carbocycles. The number of hydrogen-bond donors (Lipinski definition) is 1. The number of benzene rings is 2. The van der Waals surface area contributed by atoms with Crippen LogP contribution in [0.5, 0.6) is 11.5 Å². The zero-order valence-corrected chi connectivity index (χ0v) is 16.0. The van der Waals surface area contributed by atoms with Gasteiger partial charge in [-0.1, -0.05) is 43.1 Å². The van der Waals surface area contributed by atoms with Crippen molar-refractivity contribution in [2.45, 2.75) is 19.9 Å². The summed E-state index contributed by atoms with van der Waals surface area (Å²) in [5.74, 6) is -1.30. The maximum absolute atomic E-state index is 13.3. The molecule has 0 radical (unpaired) electrons. The molecular weight excluding hydrogens is 396 g/mol. The molecule has 1 heterocycles. The van der Waals surface area contributed by atoms with Crippen molar-refractivity contribution in [2.24, 2.45) is 5.41 Å². The third-order valence-corrected chi connectivity index (χ3v) is 4.80. The Bertz CT molecular complexity index is 917. The molecule has 1 N–H and O–H groups in total. The molecule has 2 aromatic rings. The molecule has 2 aromatic carbocycles. The van der Waals surface area contributed by atoms with Gasteiger partial charge in [0.2, 0.25) is 0 Å². The number of halogens is 3. The van der Waals surface area contributed by atoms with Crippen LogP contribution < -0.4 is 10.1 Å². The molecule has 27 heavy (non-hydrogen) atoms. The summed E-state index contributed by atoms with van der Waals surface area (Å²) < 4.78 is 24.0. The Labute approximate surface area is 165 Å². The second-order valence-electron chi connectivity index (χ2n) is 6.79. The number of carbonyl (C=O) groups excluding carboxylic acids is 2. The van der Waals surface area contributed by atoms with Crippen molar-refractivity contribution in [3.05, 3.63) is 57.8 Å². The molecule has 1 aliphatic rings. The molecule has 1 amide bonds. The highest BCUT2D eigenvalue weighted by atomic mass is 35.5. The molecule has 1 aliphatic heterocycles. The van der Waals surface area contributed by atoms with Crippen LogP contribution in [0, 0.1) is 11.2 Å². The van der Waals surface area contributed by atoms with Gasteiger partial charge in [0, 0.05) is 11.5 Å². The van der Waals surface area contributed by atoms with Crippen LogP contribution in [0.1, 0.15) is 24.2 Å². The van der Waals surface area contributed by atoms with E-state index < -0.39 is 29.2 Å². The number of hydrogen-bond acceptors (Lipinski definition) is 4. The third kappa shape index (κ3) is 4.01. The highest BCUT2D eigenvalue weighted by Gasteiger charge is 2.44. The maximum atomic E-state index is 13.3. The molecule has 142 valence electrons. The SMILES string of the molecule is CC1(C)COC(=O)C1NC(=O)c1c(Cl)cccc1Oc1ccc(F)c(Cl)c1. The molecular formula is C19H16Cl2FNO4. The lowest BCUT2D eigenvalue weighted by Gasteiger charge is -2.23. The van der Waals surface area contributed by atoms with E-state index in [2.05, 4.69) is 5.32 Å². The monoisotopic (exact) mass is 411 g/mol. The lowest BCUT2D eigenvalue weighted by molar-refractivity contribution is -0.139. The fraction of sp³-hybridized carbons (Fsp3) is 0.263. The smallest absolute Gasteiger partial charge is 0.329 e. The van der Waals surface area contributed by atoms with Gasteiger partial charge >= 0.3 is 5.97 Å². The van der Waals surface area contributed by atoms with Crippen LogP contribution >= 0.6 is 23.2 Å². The molecule has 3 rings (SSSR count). The number of ether oxygens (including phenoxy) is 2. The Kier molecular flexibility index (Phi) is 5.31. The zero-order chi connectivity index (χ0) is 19.8. The average Bonchev–Trinajstić information content (AvgIpc) is 2.85. The van der Waals surface area contributed by atoms with Gasteiger partial charge in [0.15, 0.2) is 0 Å². The standard InChI is InChI=1S/C19H16Cl2FNO4/c1-19(2)9-26-18(25)16(19)23-17(24)15-11(20)4-3-5-14(15)27-10-6-7-13(22)12(21)8-10/h3-8,16H,9H2,1-2H3,(H,23,24). The minimum absolute atomic E-state index is 0.0510. The van der Waals surface area contributed by atoms with Crippen LogP contribution in [0.4, 0.5) is 4.39 Å². The van der Waals surface area contributed by atoms with E-state index in [-0.39, 0.29) is 33.7 Å². The van der Waals surface area contributed by atoms with Crippen molar-refractivity contribution in [3.8, 4) is 11.5 Å². The predicted molar refractivity (Wildman–Crippen MR) is 98.9 cm³/mol. The van der Waals surface area contributed by atoms with Gasteiger partial charge in [-0.2, -0.15) is 0 Å². The zero-order valence-electron chi connectivity index (χ0n) is 14.5. The maximum Gasteiger partial charge on any atom is 0.329 e. The van der Waals surface area contributed by atoms with E-state index in [0.717, 1.165) is 6.07 Å². The first-order valence-corrected chi connectivity index (χ1v) is 8.83. The van der Waals surface area contributed by atoms with Gasteiger partial charge < -0.3 is 14.8 Å². The normalized spacial score (nSPS) is 18.1. The largest absolute Gasteiger partial charge is 0.463 e. The summed E-state index contributed by atoms with van der Waals surface area (Å²) in [6.07, 6.45) is 0. The molecule has 1 atom stereocenters. The minimum atomic E-state index is -0.811. The predicted octanol–water partition coefficient (Wildman–Crippen LogP) is 4.61. The third-order valence-electron chi connectivity index (χ3n) is 4.20. The molecule has 8 heteroatoms. The van der Waals surface area contributed by atoms with Crippen molar-refractivity contribution in [1.29, 1.82) is 0 Å². The molecule has 1 unspecified atom stereocenters. The van der Waals surface area contributed by atoms with Gasteiger partial charge in [-0.25, -0.2) is 9.18 Å². The highest BCUT2D eigenvalue weighted by molar-refractivity contribution is 6.34. The molecule has 1 saturated heterocycles. The second kappa shape index (κ2) is 7.37. The van der Waals surface area contributed by atoms with E-state index in [1.807, 2.05) is 13.8 Å². The summed E-state index contributed by atoms with van der Waals surface area (Å²) in [4.78, 5) is 24.8. The molecule has 5 nitrogen and oxygen atoms in total. The fourth-order valence-corrected chi connectivity index (χ4v) is 3.10. The quantitative estimate of drug-likeness (QED) is 0.746. The van der Waals surface area contributed by atoms with E-state index in [1.54, 1.807) is 6.07 Å². The van der Waals surface area contributed by atoms with Crippen molar-refractivity contribution in [1.82, 2.24) is 5.32 Å². The van der Waals surface area contributed by atoms with Crippen LogP contribution in [0.2, 0.25) is 10.0 Å². The minimum Gasteiger partial charge on any atom is -0.463 e. The first kappa shape index (κ1) is 19.5. The summed E-state index contributed by atoms with van der Waals surface area (Å²) in [7, 11) is 0. The summed E-state index contributed by atoms with van der Waals surface area (Å²) in [5.41, 5.74) is -0.505. The Morgan fingerprint density at radius 2 is 2.00 bits per heavy atom. The second-order valence-corrected chi connectivity index (χ2v) is 7.61. The summed E-state index contributed by atoms with van der Waals surface area (Å²) >= 11 is 12.0. The van der Waals surface area contributed by atoms with Crippen molar-refractivity contribution in [3.63, 3.8) is 0 Å². The topological polar surface area (TPSA) is 64.6 Å². The van der Waals surface area contributed by atoms with Crippen molar-refractivity contribution < 1.29 is 23.5 Å². The molecule has 0 aliphatic carbocycles. The van der Waals surface area contributed by atoms with Crippen molar-refractivity contribution >= 4 is 35.1 Å². The van der Waals surface area contributed by atoms with Crippen LogP contribution in [-0.4, -0.2) is 24.5 Å². The van der Waals surface area contributed by atoms with E-state index in [1.165, 1.54) is 24.3 Å². The van der Waals surface area contributed by atoms with Gasteiger partial charge in [0.1, 0.15) is 28.9 Å². The number of carbonyl (C=O) groups is 2. The Balaban J connectivity index is 1.90. The van der Waals surface area contributed by atoms with Crippen LogP contribution in [0.3, 0.4) is 0 Å². The first-order chi connectivity index (χ1) is 12.7. The Morgan fingerprint density at radius 3 is 2.63 bits per heavy atom. The molecule has 0 bridgehead atoms. The molecule has 1 fully saturated rings. The van der Waals surface area contributed by atoms with Gasteiger partial charge in [0.05, 0.1) is 16.7 Å². The van der Waals surface area contributed by atoms with Gasteiger partial charge in [-0.05, 0) is 24.3 Å².